The molecule has 1 saturated carbocycles. The zero-order valence-electron chi connectivity index (χ0n) is 13.8. The Labute approximate surface area is 146 Å². The molecule has 3 nitrogen and oxygen atoms in total. The van der Waals surface area contributed by atoms with Crippen molar-refractivity contribution in [2.45, 2.75) is 51.0 Å². The summed E-state index contributed by atoms with van der Waals surface area (Å²) in [6.07, 6.45) is 8.02. The van der Waals surface area contributed by atoms with E-state index in [2.05, 4.69) is 41.0 Å². The molecule has 2 fully saturated rings. The molecule has 0 aromatic heterocycles. The fourth-order valence-corrected chi connectivity index (χ4v) is 3.94. The maximum atomic E-state index is 12.5. The van der Waals surface area contributed by atoms with E-state index >= 15 is 0 Å². The highest BCUT2D eigenvalue weighted by atomic mass is 35.5. The quantitative estimate of drug-likeness (QED) is 0.885. The standard InChI is InChI=1S/C19H28N2O.ClH/c22-19(16-10-12-20-13-11-16)21-18-9-5-4-8-17(18)14-15-6-2-1-3-7-15;/h1-3,6-7,16-18,20H,4-5,8-14H2,(H,21,22);1H. The molecule has 23 heavy (non-hydrogen) atoms. The molecule has 1 heterocycles. The molecule has 2 aliphatic rings. The molecule has 1 amide bonds. The Morgan fingerprint density at radius 2 is 1.74 bits per heavy atom. The van der Waals surface area contributed by atoms with Crippen molar-refractivity contribution in [3.63, 3.8) is 0 Å². The molecule has 0 spiro atoms. The Morgan fingerprint density at radius 3 is 2.48 bits per heavy atom. The second-order valence-corrected chi connectivity index (χ2v) is 6.87. The number of halogens is 1. The summed E-state index contributed by atoms with van der Waals surface area (Å²) in [6.45, 7) is 1.96. The van der Waals surface area contributed by atoms with E-state index in [1.165, 1.54) is 24.8 Å². The van der Waals surface area contributed by atoms with Crippen LogP contribution in [-0.2, 0) is 11.2 Å². The molecule has 0 radical (unpaired) electrons. The van der Waals surface area contributed by atoms with Crippen molar-refractivity contribution in [2.75, 3.05) is 13.1 Å². The Kier molecular flexibility index (Phi) is 7.38. The molecule has 128 valence electrons. The molecule has 3 rings (SSSR count). The summed E-state index contributed by atoms with van der Waals surface area (Å²) in [6, 6.07) is 11.1. The highest BCUT2D eigenvalue weighted by molar-refractivity contribution is 5.85. The summed E-state index contributed by atoms with van der Waals surface area (Å²) in [7, 11) is 0. The van der Waals surface area contributed by atoms with E-state index in [9.17, 15) is 4.79 Å². The lowest BCUT2D eigenvalue weighted by Gasteiger charge is -2.34. The zero-order chi connectivity index (χ0) is 15.2. The molecule has 2 unspecified atom stereocenters. The van der Waals surface area contributed by atoms with Crippen LogP contribution < -0.4 is 10.6 Å². The number of carbonyl (C=O) groups excluding carboxylic acids is 1. The molecule has 1 aromatic rings. The molecule has 4 heteroatoms. The van der Waals surface area contributed by atoms with Crippen molar-refractivity contribution < 1.29 is 4.79 Å². The minimum Gasteiger partial charge on any atom is -0.353 e. The van der Waals surface area contributed by atoms with Gasteiger partial charge in [-0.25, -0.2) is 0 Å². The van der Waals surface area contributed by atoms with Crippen molar-refractivity contribution in [1.29, 1.82) is 0 Å². The van der Waals surface area contributed by atoms with Gasteiger partial charge in [-0.15, -0.1) is 12.4 Å². The maximum Gasteiger partial charge on any atom is 0.223 e. The molecule has 1 saturated heterocycles. The van der Waals surface area contributed by atoms with Gasteiger partial charge < -0.3 is 10.6 Å². The number of carbonyl (C=O) groups is 1. The first-order chi connectivity index (χ1) is 10.8. The third-order valence-electron chi connectivity index (χ3n) is 5.29. The SMILES string of the molecule is Cl.O=C(NC1CCCCC1Cc1ccccc1)C1CCNCC1. The smallest absolute Gasteiger partial charge is 0.223 e. The largest absolute Gasteiger partial charge is 0.353 e. The van der Waals surface area contributed by atoms with Crippen molar-refractivity contribution in [3.8, 4) is 0 Å². The van der Waals surface area contributed by atoms with Gasteiger partial charge in [0.05, 0.1) is 0 Å². The molecular weight excluding hydrogens is 308 g/mol. The fraction of sp³-hybridized carbons (Fsp3) is 0.632. The predicted octanol–water partition coefficient (Wildman–Crippen LogP) is 3.33. The second kappa shape index (κ2) is 9.29. The number of hydrogen-bond donors (Lipinski definition) is 2. The number of benzene rings is 1. The average molecular weight is 337 g/mol. The van der Waals surface area contributed by atoms with Crippen molar-refractivity contribution >= 4 is 18.3 Å². The van der Waals surface area contributed by atoms with E-state index in [0.717, 1.165) is 38.8 Å². The van der Waals surface area contributed by atoms with Crippen LogP contribution >= 0.6 is 12.4 Å². The zero-order valence-corrected chi connectivity index (χ0v) is 14.6. The summed E-state index contributed by atoms with van der Waals surface area (Å²) >= 11 is 0. The average Bonchev–Trinajstić information content (AvgIpc) is 2.58. The molecule has 1 aliphatic carbocycles. The number of piperidine rings is 1. The lowest BCUT2D eigenvalue weighted by molar-refractivity contribution is -0.127. The lowest BCUT2D eigenvalue weighted by atomic mass is 9.80. The minimum absolute atomic E-state index is 0. The lowest BCUT2D eigenvalue weighted by Crippen LogP contribution is -2.47. The van der Waals surface area contributed by atoms with Crippen molar-refractivity contribution in [2.24, 2.45) is 11.8 Å². The summed E-state index contributed by atoms with van der Waals surface area (Å²) in [5.74, 6) is 1.12. The monoisotopic (exact) mass is 336 g/mol. The van der Waals surface area contributed by atoms with Gasteiger partial charge in [0.1, 0.15) is 0 Å². The van der Waals surface area contributed by atoms with Crippen LogP contribution in [0.25, 0.3) is 0 Å². The first-order valence-electron chi connectivity index (χ1n) is 8.88. The highest BCUT2D eigenvalue weighted by Gasteiger charge is 2.29. The molecule has 1 aliphatic heterocycles. The number of hydrogen-bond acceptors (Lipinski definition) is 2. The van der Waals surface area contributed by atoms with Gasteiger partial charge in [-0.2, -0.15) is 0 Å². The second-order valence-electron chi connectivity index (χ2n) is 6.87. The Morgan fingerprint density at radius 1 is 1.04 bits per heavy atom. The Balaban J connectivity index is 0.00000192. The van der Waals surface area contributed by atoms with Gasteiger partial charge in [-0.05, 0) is 56.7 Å². The van der Waals surface area contributed by atoms with Gasteiger partial charge in [0.25, 0.3) is 0 Å². The molecular formula is C19H29ClN2O. The number of amides is 1. The van der Waals surface area contributed by atoms with Gasteiger partial charge in [-0.3, -0.25) is 4.79 Å². The minimum atomic E-state index is 0. The van der Waals surface area contributed by atoms with E-state index in [0.29, 0.717) is 17.9 Å². The summed E-state index contributed by atoms with van der Waals surface area (Å²) < 4.78 is 0. The van der Waals surface area contributed by atoms with Crippen LogP contribution in [0, 0.1) is 11.8 Å². The Hall–Kier alpha value is -1.06. The van der Waals surface area contributed by atoms with E-state index in [4.69, 9.17) is 0 Å². The molecule has 0 bridgehead atoms. The van der Waals surface area contributed by atoms with Crippen LogP contribution in [0.4, 0.5) is 0 Å². The van der Waals surface area contributed by atoms with E-state index < -0.39 is 0 Å². The topological polar surface area (TPSA) is 41.1 Å². The van der Waals surface area contributed by atoms with Crippen molar-refractivity contribution in [1.82, 2.24) is 10.6 Å². The predicted molar refractivity (Wildman–Crippen MR) is 96.9 cm³/mol. The third kappa shape index (κ3) is 5.22. The molecule has 2 N–H and O–H groups in total. The van der Waals surface area contributed by atoms with Gasteiger partial charge in [-0.1, -0.05) is 43.2 Å². The normalized spacial score (nSPS) is 25.4. The molecule has 2 atom stereocenters. The number of nitrogens with one attached hydrogen (secondary N) is 2. The van der Waals surface area contributed by atoms with Crippen LogP contribution in [0.15, 0.2) is 30.3 Å². The van der Waals surface area contributed by atoms with Crippen LogP contribution in [0.5, 0.6) is 0 Å². The van der Waals surface area contributed by atoms with Gasteiger partial charge in [0.2, 0.25) is 5.91 Å². The third-order valence-corrected chi connectivity index (χ3v) is 5.29. The van der Waals surface area contributed by atoms with Crippen molar-refractivity contribution in [3.05, 3.63) is 35.9 Å². The summed E-state index contributed by atoms with van der Waals surface area (Å²) in [5.41, 5.74) is 1.40. The summed E-state index contributed by atoms with van der Waals surface area (Å²) in [4.78, 5) is 12.5. The summed E-state index contributed by atoms with van der Waals surface area (Å²) in [5, 5.41) is 6.73. The van der Waals surface area contributed by atoms with E-state index in [-0.39, 0.29) is 18.3 Å². The van der Waals surface area contributed by atoms with Gasteiger partial charge >= 0.3 is 0 Å². The van der Waals surface area contributed by atoms with Crippen LogP contribution in [0.1, 0.15) is 44.1 Å². The van der Waals surface area contributed by atoms with Crippen LogP contribution in [0.3, 0.4) is 0 Å². The molecule has 1 aromatic carbocycles. The highest BCUT2D eigenvalue weighted by Crippen LogP contribution is 2.28. The number of rotatable bonds is 4. The van der Waals surface area contributed by atoms with E-state index in [1.54, 1.807) is 0 Å². The van der Waals surface area contributed by atoms with E-state index in [1.807, 2.05) is 0 Å². The maximum absolute atomic E-state index is 12.5. The first-order valence-corrected chi connectivity index (χ1v) is 8.88. The van der Waals surface area contributed by atoms with Crippen LogP contribution in [-0.4, -0.2) is 25.0 Å². The fourth-order valence-electron chi connectivity index (χ4n) is 3.94. The van der Waals surface area contributed by atoms with Gasteiger partial charge in [0.15, 0.2) is 0 Å². The van der Waals surface area contributed by atoms with Crippen LogP contribution in [0.2, 0.25) is 0 Å². The van der Waals surface area contributed by atoms with Gasteiger partial charge in [0, 0.05) is 12.0 Å². The Bertz CT molecular complexity index is 474. The first kappa shape index (κ1) is 18.3.